The molecule has 0 radical (unpaired) electrons. The third-order valence-corrected chi connectivity index (χ3v) is 4.76. The molecule has 1 aromatic rings. The summed E-state index contributed by atoms with van der Waals surface area (Å²) in [7, 11) is 1.81. The number of hydrogen-bond donors (Lipinski definition) is 1. The van der Waals surface area contributed by atoms with Crippen molar-refractivity contribution in [3.05, 3.63) is 35.4 Å². The van der Waals surface area contributed by atoms with Crippen LogP contribution in [0.4, 0.5) is 0 Å². The molecule has 3 heteroatoms. The van der Waals surface area contributed by atoms with Crippen molar-refractivity contribution in [2.24, 2.45) is 11.7 Å². The fraction of sp³-hybridized carbons (Fsp3) is 0.667. The summed E-state index contributed by atoms with van der Waals surface area (Å²) in [5.41, 5.74) is 8.99. The lowest BCUT2D eigenvalue weighted by Crippen LogP contribution is -2.46. The zero-order valence-electron chi connectivity index (χ0n) is 13.9. The van der Waals surface area contributed by atoms with E-state index >= 15 is 0 Å². The highest BCUT2D eigenvalue weighted by Crippen LogP contribution is 2.22. The number of nitrogens with two attached hydrogens (primary N) is 1. The van der Waals surface area contributed by atoms with Crippen molar-refractivity contribution < 1.29 is 4.74 Å². The Hall–Kier alpha value is -0.900. The van der Waals surface area contributed by atoms with Crippen molar-refractivity contribution in [2.75, 3.05) is 26.7 Å². The zero-order valence-corrected chi connectivity index (χ0v) is 13.9. The predicted molar refractivity (Wildman–Crippen MR) is 88.5 cm³/mol. The number of likely N-dealkylation sites (tertiary alicyclic amines) is 1. The van der Waals surface area contributed by atoms with E-state index in [1.165, 1.54) is 17.5 Å². The van der Waals surface area contributed by atoms with Crippen molar-refractivity contribution in [3.63, 3.8) is 0 Å². The minimum Gasteiger partial charge on any atom is -0.380 e. The Morgan fingerprint density at radius 1 is 1.24 bits per heavy atom. The third kappa shape index (κ3) is 4.29. The van der Waals surface area contributed by atoms with Gasteiger partial charge in [-0.05, 0) is 35.9 Å². The lowest BCUT2D eigenvalue weighted by molar-refractivity contribution is -0.00643. The van der Waals surface area contributed by atoms with E-state index in [1.807, 2.05) is 7.11 Å². The van der Waals surface area contributed by atoms with Crippen LogP contribution in [0, 0.1) is 5.92 Å². The highest BCUT2D eigenvalue weighted by Gasteiger charge is 2.26. The van der Waals surface area contributed by atoms with E-state index in [4.69, 9.17) is 10.5 Å². The molecule has 2 rings (SSSR count). The third-order valence-electron chi connectivity index (χ3n) is 4.76. The van der Waals surface area contributed by atoms with Crippen LogP contribution in [-0.4, -0.2) is 37.7 Å². The molecule has 1 saturated heterocycles. The van der Waals surface area contributed by atoms with Gasteiger partial charge in [0.15, 0.2) is 0 Å². The second-order valence-electron chi connectivity index (χ2n) is 6.73. The summed E-state index contributed by atoms with van der Waals surface area (Å²) in [6.07, 6.45) is 1.53. The molecule has 3 atom stereocenters. The van der Waals surface area contributed by atoms with Crippen LogP contribution in [0.2, 0.25) is 0 Å². The molecule has 0 bridgehead atoms. The lowest BCUT2D eigenvalue weighted by atomic mass is 9.94. The molecule has 1 aliphatic heterocycles. The SMILES string of the molecule is COC1CN(CC(N)c2ccc(C(C)C)cc2)CCC1C. The standard InChI is InChI=1S/C18H30N2O/c1-13(2)15-5-7-16(8-6-15)17(19)11-20-10-9-14(3)18(12-20)21-4/h5-8,13-14,17-18H,9-12,19H2,1-4H3. The Labute approximate surface area is 129 Å². The zero-order chi connectivity index (χ0) is 15.4. The molecule has 0 amide bonds. The smallest absolute Gasteiger partial charge is 0.0724 e. The number of benzene rings is 1. The number of nitrogens with zero attached hydrogens (tertiary/aromatic N) is 1. The minimum absolute atomic E-state index is 0.0807. The van der Waals surface area contributed by atoms with Gasteiger partial charge in [0.05, 0.1) is 6.10 Å². The van der Waals surface area contributed by atoms with E-state index in [9.17, 15) is 0 Å². The maximum absolute atomic E-state index is 6.39. The van der Waals surface area contributed by atoms with E-state index in [1.54, 1.807) is 0 Å². The summed E-state index contributed by atoms with van der Waals surface area (Å²) in [6, 6.07) is 8.85. The van der Waals surface area contributed by atoms with Crippen LogP contribution in [0.15, 0.2) is 24.3 Å². The monoisotopic (exact) mass is 290 g/mol. The predicted octanol–water partition coefficient (Wildman–Crippen LogP) is 3.17. The van der Waals surface area contributed by atoms with Crippen molar-refractivity contribution in [1.29, 1.82) is 0 Å². The van der Waals surface area contributed by atoms with Crippen LogP contribution in [0.1, 0.15) is 50.3 Å². The Morgan fingerprint density at radius 3 is 2.43 bits per heavy atom. The molecule has 0 aliphatic carbocycles. The summed E-state index contributed by atoms with van der Waals surface area (Å²) in [6.45, 7) is 9.74. The second-order valence-corrected chi connectivity index (χ2v) is 6.73. The fourth-order valence-corrected chi connectivity index (χ4v) is 3.08. The molecule has 1 fully saturated rings. The highest BCUT2D eigenvalue weighted by atomic mass is 16.5. The number of piperidine rings is 1. The Bertz CT molecular complexity index is 429. The summed E-state index contributed by atoms with van der Waals surface area (Å²) < 4.78 is 5.58. The fourth-order valence-electron chi connectivity index (χ4n) is 3.08. The second kappa shape index (κ2) is 7.39. The van der Waals surface area contributed by atoms with Crippen molar-refractivity contribution in [1.82, 2.24) is 4.90 Å². The summed E-state index contributed by atoms with van der Waals surface area (Å²) >= 11 is 0. The van der Waals surface area contributed by atoms with E-state index in [-0.39, 0.29) is 6.04 Å². The van der Waals surface area contributed by atoms with E-state index in [0.717, 1.165) is 19.6 Å². The van der Waals surface area contributed by atoms with Crippen molar-refractivity contribution in [3.8, 4) is 0 Å². The number of rotatable bonds is 5. The summed E-state index contributed by atoms with van der Waals surface area (Å²) in [5, 5.41) is 0. The summed E-state index contributed by atoms with van der Waals surface area (Å²) in [5.74, 6) is 1.22. The van der Waals surface area contributed by atoms with Gasteiger partial charge in [-0.1, -0.05) is 45.0 Å². The van der Waals surface area contributed by atoms with Gasteiger partial charge in [-0.3, -0.25) is 4.90 Å². The molecule has 3 nitrogen and oxygen atoms in total. The Morgan fingerprint density at radius 2 is 1.86 bits per heavy atom. The van der Waals surface area contributed by atoms with Gasteiger partial charge in [-0.2, -0.15) is 0 Å². The van der Waals surface area contributed by atoms with Gasteiger partial charge < -0.3 is 10.5 Å². The van der Waals surface area contributed by atoms with Gasteiger partial charge in [0.25, 0.3) is 0 Å². The first-order valence-corrected chi connectivity index (χ1v) is 8.11. The Kier molecular flexibility index (Phi) is 5.80. The number of methoxy groups -OCH3 is 1. The topological polar surface area (TPSA) is 38.5 Å². The largest absolute Gasteiger partial charge is 0.380 e. The van der Waals surface area contributed by atoms with Gasteiger partial charge in [-0.15, -0.1) is 0 Å². The molecular formula is C18H30N2O. The van der Waals surface area contributed by atoms with Gasteiger partial charge >= 0.3 is 0 Å². The quantitative estimate of drug-likeness (QED) is 0.905. The molecule has 118 valence electrons. The molecule has 1 heterocycles. The van der Waals surface area contributed by atoms with Gasteiger partial charge in [0, 0.05) is 26.2 Å². The first kappa shape index (κ1) is 16.5. The van der Waals surface area contributed by atoms with Crippen molar-refractivity contribution in [2.45, 2.75) is 45.3 Å². The average molecular weight is 290 g/mol. The van der Waals surface area contributed by atoms with Crippen LogP contribution in [0.3, 0.4) is 0 Å². The number of hydrogen-bond acceptors (Lipinski definition) is 3. The highest BCUT2D eigenvalue weighted by molar-refractivity contribution is 5.26. The first-order valence-electron chi connectivity index (χ1n) is 8.11. The molecule has 0 aromatic heterocycles. The summed E-state index contributed by atoms with van der Waals surface area (Å²) in [4.78, 5) is 2.44. The molecule has 21 heavy (non-hydrogen) atoms. The van der Waals surface area contributed by atoms with E-state index in [0.29, 0.717) is 17.9 Å². The van der Waals surface area contributed by atoms with Crippen LogP contribution in [0.25, 0.3) is 0 Å². The molecule has 0 spiro atoms. The van der Waals surface area contributed by atoms with Crippen LogP contribution >= 0.6 is 0 Å². The van der Waals surface area contributed by atoms with E-state index in [2.05, 4.69) is 49.9 Å². The molecule has 0 saturated carbocycles. The number of ether oxygens (including phenoxy) is 1. The van der Waals surface area contributed by atoms with Gasteiger partial charge in [0.2, 0.25) is 0 Å². The minimum atomic E-state index is 0.0807. The average Bonchev–Trinajstić information content (AvgIpc) is 2.49. The maximum Gasteiger partial charge on any atom is 0.0724 e. The van der Waals surface area contributed by atoms with Crippen molar-refractivity contribution >= 4 is 0 Å². The molecular weight excluding hydrogens is 260 g/mol. The maximum atomic E-state index is 6.39. The van der Waals surface area contributed by atoms with E-state index < -0.39 is 0 Å². The van der Waals surface area contributed by atoms with Gasteiger partial charge in [0.1, 0.15) is 0 Å². The first-order chi connectivity index (χ1) is 10.0. The molecule has 3 unspecified atom stereocenters. The van der Waals surface area contributed by atoms with Crippen LogP contribution in [-0.2, 0) is 4.74 Å². The van der Waals surface area contributed by atoms with Gasteiger partial charge in [-0.25, -0.2) is 0 Å². The molecule has 1 aliphatic rings. The normalized spacial score (nSPS) is 25.2. The van der Waals surface area contributed by atoms with Crippen LogP contribution in [0.5, 0.6) is 0 Å². The molecule has 1 aromatic carbocycles. The molecule has 2 N–H and O–H groups in total. The lowest BCUT2D eigenvalue weighted by Gasteiger charge is -2.37. The van der Waals surface area contributed by atoms with Crippen LogP contribution < -0.4 is 5.73 Å². The Balaban J connectivity index is 1.93.